The molecule has 4 nitrogen and oxygen atoms in total. The van der Waals surface area contributed by atoms with E-state index in [-0.39, 0.29) is 17.8 Å². The van der Waals surface area contributed by atoms with Gasteiger partial charge in [0, 0.05) is 16.1 Å². The predicted octanol–water partition coefficient (Wildman–Crippen LogP) is 3.09. The molecule has 2 N–H and O–H groups in total. The number of nitrogens with zero attached hydrogens (tertiary/aromatic N) is 2. The van der Waals surface area contributed by atoms with Crippen LogP contribution in [0, 0.1) is 5.82 Å². The summed E-state index contributed by atoms with van der Waals surface area (Å²) in [6.45, 7) is 3.77. The van der Waals surface area contributed by atoms with Crippen LogP contribution in [0.25, 0.3) is 11.4 Å². The molecule has 18 heavy (non-hydrogen) atoms. The van der Waals surface area contributed by atoms with Gasteiger partial charge in [0.15, 0.2) is 0 Å². The number of benzene rings is 1. The molecular formula is C12H13BrFN3O. The Hall–Kier alpha value is -1.27. The molecule has 0 aliphatic carbocycles. The minimum absolute atomic E-state index is 0.0387. The zero-order valence-corrected chi connectivity index (χ0v) is 11.6. The molecule has 2 unspecified atom stereocenters. The van der Waals surface area contributed by atoms with Crippen LogP contribution < -0.4 is 5.73 Å². The second-order valence-corrected chi connectivity index (χ2v) is 5.18. The number of hydrogen-bond donors (Lipinski definition) is 1. The molecule has 0 fully saturated rings. The lowest BCUT2D eigenvalue weighted by Crippen LogP contribution is -2.22. The summed E-state index contributed by atoms with van der Waals surface area (Å²) in [4.78, 5) is 4.24. The lowest BCUT2D eigenvalue weighted by molar-refractivity contribution is 0.346. The van der Waals surface area contributed by atoms with Crippen LogP contribution in [0.15, 0.2) is 27.2 Å². The normalized spacial score (nSPS) is 14.5. The Labute approximate surface area is 113 Å². The molecule has 96 valence electrons. The van der Waals surface area contributed by atoms with Crippen molar-refractivity contribution in [1.29, 1.82) is 0 Å². The number of halogens is 2. The van der Waals surface area contributed by atoms with Crippen LogP contribution in [-0.2, 0) is 0 Å². The number of rotatable bonds is 3. The van der Waals surface area contributed by atoms with Gasteiger partial charge in [-0.2, -0.15) is 4.98 Å². The highest BCUT2D eigenvalue weighted by atomic mass is 79.9. The number of nitrogens with two attached hydrogens (primary N) is 1. The van der Waals surface area contributed by atoms with Crippen molar-refractivity contribution < 1.29 is 8.91 Å². The van der Waals surface area contributed by atoms with E-state index in [4.69, 9.17) is 10.3 Å². The molecule has 0 aliphatic heterocycles. The Bertz CT molecular complexity index is 536. The fourth-order valence-electron chi connectivity index (χ4n) is 1.45. The highest BCUT2D eigenvalue weighted by Gasteiger charge is 2.18. The number of hydrogen-bond acceptors (Lipinski definition) is 4. The van der Waals surface area contributed by atoms with Gasteiger partial charge in [0.2, 0.25) is 11.7 Å². The average Bonchev–Trinajstić information content (AvgIpc) is 2.75. The number of aromatic nitrogens is 2. The van der Waals surface area contributed by atoms with Crippen molar-refractivity contribution in [2.24, 2.45) is 5.73 Å². The molecule has 1 aromatic carbocycles. The summed E-state index contributed by atoms with van der Waals surface area (Å²) >= 11 is 3.22. The largest absolute Gasteiger partial charge is 0.339 e. The van der Waals surface area contributed by atoms with Gasteiger partial charge in [0.25, 0.3) is 0 Å². The lowest BCUT2D eigenvalue weighted by atomic mass is 10.1. The summed E-state index contributed by atoms with van der Waals surface area (Å²) in [5, 5.41) is 3.84. The maximum absolute atomic E-state index is 13.3. The molecular weight excluding hydrogens is 301 g/mol. The first-order valence-corrected chi connectivity index (χ1v) is 6.32. The highest BCUT2D eigenvalue weighted by Crippen LogP contribution is 2.24. The van der Waals surface area contributed by atoms with Gasteiger partial charge in [-0.15, -0.1) is 0 Å². The van der Waals surface area contributed by atoms with Crippen LogP contribution in [0.3, 0.4) is 0 Å². The van der Waals surface area contributed by atoms with E-state index in [9.17, 15) is 4.39 Å². The van der Waals surface area contributed by atoms with Crippen molar-refractivity contribution in [3.05, 3.63) is 34.4 Å². The fraction of sp³-hybridized carbons (Fsp3) is 0.333. The molecule has 0 saturated carbocycles. The Morgan fingerprint density at radius 1 is 1.33 bits per heavy atom. The van der Waals surface area contributed by atoms with Gasteiger partial charge in [0.05, 0.1) is 5.92 Å². The second kappa shape index (κ2) is 5.16. The van der Waals surface area contributed by atoms with Gasteiger partial charge < -0.3 is 10.3 Å². The molecule has 0 bridgehead atoms. The third-order valence-electron chi connectivity index (χ3n) is 2.74. The first-order valence-electron chi connectivity index (χ1n) is 5.53. The second-order valence-electron chi connectivity index (χ2n) is 4.26. The molecule has 0 radical (unpaired) electrons. The molecule has 0 amide bonds. The van der Waals surface area contributed by atoms with Gasteiger partial charge in [-0.05, 0) is 25.1 Å². The lowest BCUT2D eigenvalue weighted by Gasteiger charge is -2.09. The van der Waals surface area contributed by atoms with Crippen molar-refractivity contribution >= 4 is 15.9 Å². The summed E-state index contributed by atoms with van der Waals surface area (Å²) in [6.07, 6.45) is 0. The maximum atomic E-state index is 13.3. The van der Waals surface area contributed by atoms with Gasteiger partial charge >= 0.3 is 0 Å². The molecule has 2 aromatic rings. The SMILES string of the molecule is CC(N)C(C)c1nc(-c2cc(F)cc(Br)c2)no1. The van der Waals surface area contributed by atoms with E-state index in [1.165, 1.54) is 12.1 Å². The van der Waals surface area contributed by atoms with E-state index >= 15 is 0 Å². The summed E-state index contributed by atoms with van der Waals surface area (Å²) in [5.74, 6) is 0.423. The molecule has 0 saturated heterocycles. The Morgan fingerprint density at radius 3 is 2.67 bits per heavy atom. The predicted molar refractivity (Wildman–Crippen MR) is 69.5 cm³/mol. The average molecular weight is 314 g/mol. The van der Waals surface area contributed by atoms with E-state index < -0.39 is 0 Å². The van der Waals surface area contributed by atoms with Gasteiger partial charge in [-0.1, -0.05) is 28.0 Å². The third kappa shape index (κ3) is 2.76. The van der Waals surface area contributed by atoms with Crippen molar-refractivity contribution in [3.8, 4) is 11.4 Å². The Kier molecular flexibility index (Phi) is 3.77. The molecule has 1 aromatic heterocycles. The topological polar surface area (TPSA) is 64.9 Å². The van der Waals surface area contributed by atoms with Crippen molar-refractivity contribution in [3.63, 3.8) is 0 Å². The molecule has 1 heterocycles. The zero-order chi connectivity index (χ0) is 13.3. The minimum atomic E-state index is -0.356. The molecule has 2 atom stereocenters. The van der Waals surface area contributed by atoms with E-state index in [1.54, 1.807) is 6.07 Å². The first-order chi connectivity index (χ1) is 8.47. The summed E-state index contributed by atoms with van der Waals surface area (Å²) in [6, 6.07) is 4.37. The summed E-state index contributed by atoms with van der Waals surface area (Å²) < 4.78 is 19.0. The standard InChI is InChI=1S/C12H13BrFN3O/c1-6(7(2)15)12-16-11(17-18-12)8-3-9(13)5-10(14)4-8/h3-7H,15H2,1-2H3. The van der Waals surface area contributed by atoms with Crippen molar-refractivity contribution in [2.75, 3.05) is 0 Å². The van der Waals surface area contributed by atoms with Crippen molar-refractivity contribution in [2.45, 2.75) is 25.8 Å². The van der Waals surface area contributed by atoms with E-state index in [2.05, 4.69) is 26.1 Å². The van der Waals surface area contributed by atoms with Crippen LogP contribution in [0.2, 0.25) is 0 Å². The van der Waals surface area contributed by atoms with Gasteiger partial charge in [-0.25, -0.2) is 4.39 Å². The fourth-order valence-corrected chi connectivity index (χ4v) is 1.91. The monoisotopic (exact) mass is 313 g/mol. The molecule has 2 rings (SSSR count). The smallest absolute Gasteiger partial charge is 0.231 e. The summed E-state index contributed by atoms with van der Waals surface area (Å²) in [7, 11) is 0. The van der Waals surface area contributed by atoms with E-state index in [1.807, 2.05) is 13.8 Å². The van der Waals surface area contributed by atoms with Crippen LogP contribution in [0.4, 0.5) is 4.39 Å². The van der Waals surface area contributed by atoms with Crippen LogP contribution >= 0.6 is 15.9 Å². The molecule has 0 spiro atoms. The quantitative estimate of drug-likeness (QED) is 0.945. The Morgan fingerprint density at radius 2 is 2.06 bits per heavy atom. The van der Waals surface area contributed by atoms with Crippen LogP contribution in [-0.4, -0.2) is 16.2 Å². The maximum Gasteiger partial charge on any atom is 0.231 e. The molecule has 0 aliphatic rings. The van der Waals surface area contributed by atoms with Crippen molar-refractivity contribution in [1.82, 2.24) is 10.1 Å². The zero-order valence-electron chi connectivity index (χ0n) is 10.0. The van der Waals surface area contributed by atoms with E-state index in [0.717, 1.165) is 0 Å². The van der Waals surface area contributed by atoms with E-state index in [0.29, 0.717) is 21.8 Å². The highest BCUT2D eigenvalue weighted by molar-refractivity contribution is 9.10. The summed E-state index contributed by atoms with van der Waals surface area (Å²) in [5.41, 5.74) is 6.33. The van der Waals surface area contributed by atoms with Gasteiger partial charge in [0.1, 0.15) is 5.82 Å². The van der Waals surface area contributed by atoms with Crippen LogP contribution in [0.5, 0.6) is 0 Å². The Balaban J connectivity index is 2.35. The minimum Gasteiger partial charge on any atom is -0.339 e. The van der Waals surface area contributed by atoms with Crippen LogP contribution in [0.1, 0.15) is 25.7 Å². The molecule has 6 heteroatoms. The first kappa shape index (κ1) is 13.2. The third-order valence-corrected chi connectivity index (χ3v) is 3.20. The van der Waals surface area contributed by atoms with Gasteiger partial charge in [-0.3, -0.25) is 0 Å².